The molecule has 0 aromatic heterocycles. The summed E-state index contributed by atoms with van der Waals surface area (Å²) in [5.74, 6) is 4.99. The van der Waals surface area contributed by atoms with Crippen LogP contribution in [0.25, 0.3) is 0 Å². The molecule has 7 heteroatoms. The van der Waals surface area contributed by atoms with E-state index in [0.29, 0.717) is 16.9 Å². The first-order valence-electron chi connectivity index (χ1n) is 17.2. The number of hydrogen-bond donors (Lipinski definition) is 2. The summed E-state index contributed by atoms with van der Waals surface area (Å²) >= 11 is 0. The summed E-state index contributed by atoms with van der Waals surface area (Å²) in [4.78, 5) is 2.27. The van der Waals surface area contributed by atoms with Crippen molar-refractivity contribution in [3.05, 3.63) is 11.6 Å². The van der Waals surface area contributed by atoms with E-state index in [9.17, 15) is 8.42 Å². The molecule has 6 nitrogen and oxygen atoms in total. The molecule has 4 rings (SSSR count). The average molecular weight is 612 g/mol. The van der Waals surface area contributed by atoms with E-state index in [0.717, 1.165) is 55.1 Å². The van der Waals surface area contributed by atoms with Gasteiger partial charge in [-0.2, -0.15) is 8.42 Å². The standard InChI is InChI=1S/C32H57NO.C3H8O4S/c1-23(2)10-8-11-24(3)28-14-15-29-27-13-12-25-22-26(34-21-9-20-33(6)7)16-18-31(25,4)30(27)17-19-32(28,29)5;1-3(4)2-8(5,6)7/h12,23-24,26-30H,8-11,13-22H2,1-7H3;3-4H,2H2,1H3,(H,5,6,7)/t24-,26+,27+,28-,29+,30+,31+,32-;/m1./s1. The fourth-order valence-corrected chi connectivity index (χ4v) is 10.3. The van der Waals surface area contributed by atoms with Crippen molar-refractivity contribution < 1.29 is 22.8 Å². The molecule has 0 bridgehead atoms. The van der Waals surface area contributed by atoms with Gasteiger partial charge in [-0.05, 0) is 132 Å². The first-order chi connectivity index (χ1) is 19.6. The maximum absolute atomic E-state index is 9.84. The number of fused-ring (bicyclic) bond motifs is 5. The molecule has 0 amide bonds. The number of allylic oxidation sites excluding steroid dienone is 1. The van der Waals surface area contributed by atoms with Crippen LogP contribution in [-0.4, -0.2) is 68.2 Å². The monoisotopic (exact) mass is 611 g/mol. The summed E-state index contributed by atoms with van der Waals surface area (Å²) in [7, 11) is 0.341. The Hall–Kier alpha value is -0.470. The van der Waals surface area contributed by atoms with Gasteiger partial charge >= 0.3 is 0 Å². The molecule has 0 aromatic carbocycles. The Labute approximate surface area is 259 Å². The number of aliphatic hydroxyl groups excluding tert-OH is 1. The summed E-state index contributed by atoms with van der Waals surface area (Å²) in [6.07, 6.45) is 18.8. The molecular formula is C35H65NO5S. The second-order valence-corrected chi connectivity index (χ2v) is 17.3. The molecule has 0 heterocycles. The van der Waals surface area contributed by atoms with Crippen LogP contribution < -0.4 is 0 Å². The molecule has 0 aliphatic heterocycles. The van der Waals surface area contributed by atoms with Gasteiger partial charge < -0.3 is 14.7 Å². The zero-order valence-corrected chi connectivity index (χ0v) is 29.1. The van der Waals surface area contributed by atoms with Gasteiger partial charge in [0.05, 0.1) is 12.2 Å². The lowest BCUT2D eigenvalue weighted by atomic mass is 9.47. The third-order valence-electron chi connectivity index (χ3n) is 11.8. The smallest absolute Gasteiger partial charge is 0.267 e. The topological polar surface area (TPSA) is 87.1 Å². The summed E-state index contributed by atoms with van der Waals surface area (Å²) in [5, 5.41) is 8.35. The molecule has 0 radical (unpaired) electrons. The van der Waals surface area contributed by atoms with Crippen molar-refractivity contribution in [2.45, 2.75) is 131 Å². The number of ether oxygens (including phenoxy) is 1. The second-order valence-electron chi connectivity index (χ2n) is 15.8. The predicted molar refractivity (Wildman–Crippen MR) is 174 cm³/mol. The van der Waals surface area contributed by atoms with Gasteiger partial charge in [0.15, 0.2) is 0 Å². The number of rotatable bonds is 12. The van der Waals surface area contributed by atoms with Gasteiger partial charge in [0, 0.05) is 6.61 Å². The van der Waals surface area contributed by atoms with Crippen LogP contribution in [0.4, 0.5) is 0 Å². The minimum atomic E-state index is -3.97. The van der Waals surface area contributed by atoms with Gasteiger partial charge in [0.2, 0.25) is 0 Å². The van der Waals surface area contributed by atoms with E-state index < -0.39 is 22.0 Å². The molecule has 1 unspecified atom stereocenters. The highest BCUT2D eigenvalue weighted by Crippen LogP contribution is 2.67. The number of nitrogens with zero attached hydrogens (tertiary/aromatic N) is 1. The molecule has 3 fully saturated rings. The van der Waals surface area contributed by atoms with Crippen LogP contribution in [0.3, 0.4) is 0 Å². The van der Waals surface area contributed by atoms with E-state index in [1.807, 2.05) is 0 Å². The highest BCUT2D eigenvalue weighted by Gasteiger charge is 2.59. The van der Waals surface area contributed by atoms with Crippen molar-refractivity contribution in [3.8, 4) is 0 Å². The Bertz CT molecular complexity index is 978. The fourth-order valence-electron chi connectivity index (χ4n) is 9.73. The molecule has 9 atom stereocenters. The maximum Gasteiger partial charge on any atom is 0.267 e. The normalized spacial score (nSPS) is 35.9. The van der Waals surface area contributed by atoms with Gasteiger partial charge in [-0.3, -0.25) is 4.55 Å². The van der Waals surface area contributed by atoms with Crippen LogP contribution in [0.2, 0.25) is 0 Å². The molecule has 4 aliphatic carbocycles. The lowest BCUT2D eigenvalue weighted by Gasteiger charge is -2.58. The zero-order chi connectivity index (χ0) is 31.3. The van der Waals surface area contributed by atoms with Crippen LogP contribution in [0.5, 0.6) is 0 Å². The van der Waals surface area contributed by atoms with Crippen LogP contribution in [0.15, 0.2) is 11.6 Å². The Morgan fingerprint density at radius 2 is 1.71 bits per heavy atom. The number of aliphatic hydroxyl groups is 1. The lowest BCUT2D eigenvalue weighted by molar-refractivity contribution is -0.0642. The summed E-state index contributed by atoms with van der Waals surface area (Å²) in [6.45, 7) is 16.1. The Kier molecular flexibility index (Phi) is 13.0. The Balaban J connectivity index is 0.000000531. The SMILES string of the molecule is CC(C)CCC[C@@H](C)[C@H]1CC[C@H]2[C@@H]3CC=C4C[C@@H](OCCCN(C)C)CC[C@]4(C)[C@H]3CC[C@]12C.CC(O)CS(=O)(=O)O. The molecule has 0 spiro atoms. The van der Waals surface area contributed by atoms with Crippen LogP contribution in [0, 0.1) is 46.3 Å². The van der Waals surface area contributed by atoms with Gasteiger partial charge in [-0.15, -0.1) is 0 Å². The van der Waals surface area contributed by atoms with Crippen molar-refractivity contribution in [1.82, 2.24) is 4.90 Å². The van der Waals surface area contributed by atoms with Gasteiger partial charge in [0.1, 0.15) is 5.75 Å². The van der Waals surface area contributed by atoms with Crippen LogP contribution in [-0.2, 0) is 14.9 Å². The van der Waals surface area contributed by atoms with Crippen LogP contribution in [0.1, 0.15) is 119 Å². The fraction of sp³-hybridized carbons (Fsp3) is 0.943. The minimum absolute atomic E-state index is 0.453. The van der Waals surface area contributed by atoms with E-state index in [1.165, 1.54) is 77.6 Å². The molecule has 42 heavy (non-hydrogen) atoms. The molecule has 0 aromatic rings. The minimum Gasteiger partial charge on any atom is -0.392 e. The average Bonchev–Trinajstić information content (AvgIpc) is 3.22. The highest BCUT2D eigenvalue weighted by molar-refractivity contribution is 7.85. The quantitative estimate of drug-likeness (QED) is 0.134. The Morgan fingerprint density at radius 3 is 2.31 bits per heavy atom. The van der Waals surface area contributed by atoms with E-state index in [1.54, 1.807) is 5.57 Å². The predicted octanol–water partition coefficient (Wildman–Crippen LogP) is 7.62. The summed E-state index contributed by atoms with van der Waals surface area (Å²) in [5.41, 5.74) is 2.83. The van der Waals surface area contributed by atoms with E-state index in [-0.39, 0.29) is 0 Å². The third-order valence-corrected chi connectivity index (χ3v) is 12.7. The lowest BCUT2D eigenvalue weighted by Crippen LogP contribution is -2.51. The van der Waals surface area contributed by atoms with Crippen molar-refractivity contribution in [3.63, 3.8) is 0 Å². The van der Waals surface area contributed by atoms with E-state index >= 15 is 0 Å². The highest BCUT2D eigenvalue weighted by atomic mass is 32.2. The molecular weight excluding hydrogens is 546 g/mol. The second kappa shape index (κ2) is 15.2. The Morgan fingerprint density at radius 1 is 1.00 bits per heavy atom. The van der Waals surface area contributed by atoms with Crippen molar-refractivity contribution in [2.24, 2.45) is 46.3 Å². The van der Waals surface area contributed by atoms with Gasteiger partial charge in [-0.1, -0.05) is 65.5 Å². The largest absolute Gasteiger partial charge is 0.392 e. The van der Waals surface area contributed by atoms with Crippen LogP contribution >= 0.6 is 0 Å². The summed E-state index contributed by atoms with van der Waals surface area (Å²) < 4.78 is 34.0. The molecule has 0 saturated heterocycles. The molecule has 2 N–H and O–H groups in total. The number of hydrogen-bond acceptors (Lipinski definition) is 5. The molecule has 3 saturated carbocycles. The molecule has 246 valence electrons. The van der Waals surface area contributed by atoms with Crippen molar-refractivity contribution in [2.75, 3.05) is 33.0 Å². The van der Waals surface area contributed by atoms with Gasteiger partial charge in [-0.25, -0.2) is 0 Å². The maximum atomic E-state index is 9.84. The van der Waals surface area contributed by atoms with E-state index in [2.05, 4.69) is 59.7 Å². The third kappa shape index (κ3) is 9.28. The van der Waals surface area contributed by atoms with Crippen molar-refractivity contribution in [1.29, 1.82) is 0 Å². The van der Waals surface area contributed by atoms with E-state index in [4.69, 9.17) is 14.4 Å². The van der Waals surface area contributed by atoms with Crippen molar-refractivity contribution >= 4 is 10.1 Å². The first-order valence-corrected chi connectivity index (χ1v) is 18.8. The first kappa shape index (κ1) is 36.0. The molecule has 4 aliphatic rings. The van der Waals surface area contributed by atoms with Gasteiger partial charge in [0.25, 0.3) is 10.1 Å². The zero-order valence-electron chi connectivity index (χ0n) is 28.3. The summed E-state index contributed by atoms with van der Waals surface area (Å²) in [6, 6.07) is 0.